The number of rotatable bonds is 1. The van der Waals surface area contributed by atoms with Crippen LogP contribution < -0.4 is 29.6 Å². The first kappa shape index (κ1) is 15.8. The Balaban J connectivity index is 0. The Hall–Kier alpha value is 1.33. The first-order valence-electron chi connectivity index (χ1n) is 2.89. The third-order valence-electron chi connectivity index (χ3n) is 0.909. The predicted octanol–water partition coefficient (Wildman–Crippen LogP) is -0.267. The molecule has 0 saturated heterocycles. The summed E-state index contributed by atoms with van der Waals surface area (Å²) < 4.78 is 1.03. The second-order valence-corrected chi connectivity index (χ2v) is 3.26. The molecule has 1 aromatic rings. The summed E-state index contributed by atoms with van der Waals surface area (Å²) in [4.78, 5) is 4.11. The number of pyridine rings is 1. The van der Waals surface area contributed by atoms with Crippen LogP contribution in [0.25, 0.3) is 0 Å². The van der Waals surface area contributed by atoms with E-state index in [0.29, 0.717) is 0 Å². The molecule has 0 fully saturated rings. The summed E-state index contributed by atoms with van der Waals surface area (Å²) in [5.74, 6) is 0. The molecule has 1 aromatic heterocycles. The summed E-state index contributed by atoms with van der Waals surface area (Å²) in [6, 6.07) is 3.97. The first-order chi connectivity index (χ1) is 5.33. The average Bonchev–Trinajstić information content (AvgIpc) is 2.10. The van der Waals surface area contributed by atoms with E-state index in [-0.39, 0.29) is 29.6 Å². The number of hydrogen-bond acceptors (Lipinski definition) is 3. The third kappa shape index (κ3) is 6.80. The zero-order chi connectivity index (χ0) is 8.69. The standard InChI is InChI=1S/C6H6BrNS.CH4S.Na/c1-9-6-3-2-5(7)4-8-6;1-2;/h2-4H,1H3;2H,1H3;/q;;+1/p-1. The summed E-state index contributed by atoms with van der Waals surface area (Å²) in [7, 11) is 0. The van der Waals surface area contributed by atoms with Gasteiger partial charge in [0.1, 0.15) is 0 Å². The molecule has 12 heavy (non-hydrogen) atoms. The molecule has 5 heteroatoms. The van der Waals surface area contributed by atoms with E-state index in [1.165, 1.54) is 0 Å². The van der Waals surface area contributed by atoms with Crippen molar-refractivity contribution in [3.05, 3.63) is 22.8 Å². The zero-order valence-electron chi connectivity index (χ0n) is 7.37. The first-order valence-corrected chi connectivity index (χ1v) is 5.73. The summed E-state index contributed by atoms with van der Waals surface area (Å²) in [5.41, 5.74) is 0. The van der Waals surface area contributed by atoms with E-state index >= 15 is 0 Å². The topological polar surface area (TPSA) is 12.9 Å². The third-order valence-corrected chi connectivity index (χ3v) is 2.04. The van der Waals surface area contributed by atoms with E-state index < -0.39 is 0 Å². The normalized spacial score (nSPS) is 7.67. The van der Waals surface area contributed by atoms with Crippen molar-refractivity contribution in [1.29, 1.82) is 0 Å². The van der Waals surface area contributed by atoms with E-state index in [1.54, 1.807) is 24.2 Å². The van der Waals surface area contributed by atoms with Crippen LogP contribution in [-0.2, 0) is 12.6 Å². The molecule has 0 atom stereocenters. The van der Waals surface area contributed by atoms with Crippen LogP contribution in [0.15, 0.2) is 27.8 Å². The van der Waals surface area contributed by atoms with E-state index in [1.807, 2.05) is 18.4 Å². The van der Waals surface area contributed by atoms with Gasteiger partial charge in [-0.25, -0.2) is 4.98 Å². The van der Waals surface area contributed by atoms with Crippen molar-refractivity contribution < 1.29 is 29.6 Å². The van der Waals surface area contributed by atoms with E-state index in [4.69, 9.17) is 0 Å². The molecule has 0 spiro atoms. The van der Waals surface area contributed by atoms with Crippen LogP contribution in [0, 0.1) is 0 Å². The molecule has 1 nitrogen and oxygen atoms in total. The van der Waals surface area contributed by atoms with Crippen molar-refractivity contribution in [2.24, 2.45) is 0 Å². The van der Waals surface area contributed by atoms with E-state index in [0.717, 1.165) is 9.50 Å². The van der Waals surface area contributed by atoms with Crippen molar-refractivity contribution in [2.75, 3.05) is 12.5 Å². The van der Waals surface area contributed by atoms with Gasteiger partial charge in [-0.1, -0.05) is 0 Å². The SMILES string of the molecule is CSc1ccc(Br)cn1.C[S-].[Na+]. The molecule has 0 saturated carbocycles. The molecule has 0 aliphatic rings. The van der Waals surface area contributed by atoms with Crippen LogP contribution in [0.4, 0.5) is 0 Å². The van der Waals surface area contributed by atoms with E-state index in [9.17, 15) is 0 Å². The maximum Gasteiger partial charge on any atom is 1.00 e. The molecule has 0 aliphatic heterocycles. The van der Waals surface area contributed by atoms with Crippen molar-refractivity contribution in [3.63, 3.8) is 0 Å². The van der Waals surface area contributed by atoms with Crippen LogP contribution in [0.2, 0.25) is 0 Å². The van der Waals surface area contributed by atoms with Crippen molar-refractivity contribution in [2.45, 2.75) is 5.03 Å². The Morgan fingerprint density at radius 1 is 1.42 bits per heavy atom. The summed E-state index contributed by atoms with van der Waals surface area (Å²) in [5, 5.41) is 1.05. The largest absolute Gasteiger partial charge is 1.00 e. The van der Waals surface area contributed by atoms with Gasteiger partial charge < -0.3 is 12.6 Å². The number of aromatic nitrogens is 1. The van der Waals surface area contributed by atoms with Gasteiger partial charge in [-0.2, -0.15) is 6.26 Å². The summed E-state index contributed by atoms with van der Waals surface area (Å²) in [6.45, 7) is 0. The van der Waals surface area contributed by atoms with Crippen LogP contribution in [0.5, 0.6) is 0 Å². The van der Waals surface area contributed by atoms with Crippen LogP contribution in [0.1, 0.15) is 0 Å². The number of halogens is 1. The minimum Gasteiger partial charge on any atom is -0.796 e. The van der Waals surface area contributed by atoms with Crippen molar-refractivity contribution in [1.82, 2.24) is 4.98 Å². The Labute approximate surface area is 114 Å². The Kier molecular flexibility index (Phi) is 13.7. The van der Waals surface area contributed by atoms with Gasteiger partial charge in [0.25, 0.3) is 0 Å². The molecule has 1 heterocycles. The molecule has 0 aliphatic carbocycles. The maximum atomic E-state index is 4.11. The summed E-state index contributed by atoms with van der Waals surface area (Å²) >= 11 is 9.03. The molecule has 62 valence electrons. The fourth-order valence-electron chi connectivity index (χ4n) is 0.483. The Bertz CT molecular complexity index is 193. The average molecular weight is 274 g/mol. The second-order valence-electron chi connectivity index (χ2n) is 1.52. The van der Waals surface area contributed by atoms with Gasteiger partial charge >= 0.3 is 29.6 Å². The van der Waals surface area contributed by atoms with Gasteiger partial charge in [0.2, 0.25) is 0 Å². The smallest absolute Gasteiger partial charge is 0.796 e. The van der Waals surface area contributed by atoms with Crippen molar-refractivity contribution in [3.8, 4) is 0 Å². The van der Waals surface area contributed by atoms with Crippen molar-refractivity contribution >= 4 is 40.3 Å². The van der Waals surface area contributed by atoms with Gasteiger partial charge in [0, 0.05) is 10.7 Å². The van der Waals surface area contributed by atoms with Gasteiger partial charge in [0.15, 0.2) is 0 Å². The Morgan fingerprint density at radius 3 is 2.33 bits per heavy atom. The number of nitrogens with zero attached hydrogens (tertiary/aromatic N) is 1. The molecule has 0 bridgehead atoms. The summed E-state index contributed by atoms with van der Waals surface area (Å²) in [6.07, 6.45) is 5.39. The Morgan fingerprint density at radius 2 is 2.00 bits per heavy atom. The molecule has 0 aromatic carbocycles. The van der Waals surface area contributed by atoms with Crippen LogP contribution in [0.3, 0.4) is 0 Å². The van der Waals surface area contributed by atoms with Gasteiger partial charge in [-0.3, -0.25) is 0 Å². The fraction of sp³-hybridized carbons (Fsp3) is 0.286. The zero-order valence-corrected chi connectivity index (χ0v) is 12.6. The molecule has 0 amide bonds. The van der Waals surface area contributed by atoms with E-state index in [2.05, 4.69) is 33.5 Å². The maximum absolute atomic E-state index is 4.11. The molecule has 0 N–H and O–H groups in total. The molecular formula is C7H9BrNNaS2. The predicted molar refractivity (Wildman–Crippen MR) is 57.0 cm³/mol. The van der Waals surface area contributed by atoms with Crippen LogP contribution >= 0.6 is 27.7 Å². The quantitative estimate of drug-likeness (QED) is 0.398. The van der Waals surface area contributed by atoms with Gasteiger partial charge in [0.05, 0.1) is 5.03 Å². The number of thioether (sulfide) groups is 1. The monoisotopic (exact) mass is 273 g/mol. The molecule has 1 rings (SSSR count). The number of hydrogen-bond donors (Lipinski definition) is 0. The molecule has 0 unspecified atom stereocenters. The minimum absolute atomic E-state index is 0. The minimum atomic E-state index is 0. The van der Waals surface area contributed by atoms with Gasteiger partial charge in [-0.05, 0) is 34.3 Å². The van der Waals surface area contributed by atoms with Gasteiger partial charge in [-0.15, -0.1) is 11.8 Å². The van der Waals surface area contributed by atoms with Crippen LogP contribution in [-0.4, -0.2) is 17.5 Å². The fourth-order valence-corrected chi connectivity index (χ4v) is 1.08. The molecular weight excluding hydrogens is 265 g/mol. The molecule has 0 radical (unpaired) electrons. The second kappa shape index (κ2) is 10.4.